The van der Waals surface area contributed by atoms with Crippen LogP contribution in [0.2, 0.25) is 0 Å². The number of anilines is 2. The molecule has 2 N–H and O–H groups in total. The lowest BCUT2D eigenvalue weighted by atomic mass is 9.95. The summed E-state index contributed by atoms with van der Waals surface area (Å²) in [7, 11) is 0. The van der Waals surface area contributed by atoms with Gasteiger partial charge in [-0.3, -0.25) is 9.78 Å². The first kappa shape index (κ1) is 18.2. The molecule has 26 heavy (non-hydrogen) atoms. The van der Waals surface area contributed by atoms with Crippen molar-refractivity contribution >= 4 is 17.3 Å². The fourth-order valence-electron chi connectivity index (χ4n) is 3.14. The predicted octanol–water partition coefficient (Wildman–Crippen LogP) is 4.91. The molecule has 1 heterocycles. The molecule has 0 radical (unpaired) electrons. The Hall–Kier alpha value is -2.57. The molecule has 0 bridgehead atoms. The molecule has 0 saturated heterocycles. The summed E-state index contributed by atoms with van der Waals surface area (Å²) in [5.41, 5.74) is -0.188. The molecule has 3 rings (SSSR count). The average molecular weight is 363 g/mol. The number of halogens is 3. The number of nitrogens with zero attached hydrogens (tertiary/aromatic N) is 1. The van der Waals surface area contributed by atoms with E-state index in [1.54, 1.807) is 0 Å². The van der Waals surface area contributed by atoms with Crippen LogP contribution in [0.4, 0.5) is 24.5 Å². The van der Waals surface area contributed by atoms with Gasteiger partial charge in [-0.15, -0.1) is 0 Å². The van der Waals surface area contributed by atoms with Gasteiger partial charge in [0.1, 0.15) is 0 Å². The van der Waals surface area contributed by atoms with Crippen LogP contribution in [0.1, 0.15) is 48.0 Å². The third-order valence-electron chi connectivity index (χ3n) is 4.45. The number of nitrogens with one attached hydrogen (secondary N) is 2. The topological polar surface area (TPSA) is 54.0 Å². The first-order chi connectivity index (χ1) is 12.4. The van der Waals surface area contributed by atoms with Gasteiger partial charge in [0.2, 0.25) is 0 Å². The Bertz CT molecular complexity index is 771. The first-order valence-corrected chi connectivity index (χ1v) is 8.62. The molecule has 4 nitrogen and oxygen atoms in total. The van der Waals surface area contributed by atoms with Gasteiger partial charge in [0, 0.05) is 12.2 Å². The maximum Gasteiger partial charge on any atom is 0.418 e. The van der Waals surface area contributed by atoms with Crippen molar-refractivity contribution in [2.45, 2.75) is 44.3 Å². The molecule has 0 unspecified atom stereocenters. The second-order valence-electron chi connectivity index (χ2n) is 6.44. The summed E-state index contributed by atoms with van der Waals surface area (Å²) < 4.78 is 39.3. The molecule has 0 spiro atoms. The molecule has 1 fully saturated rings. The lowest BCUT2D eigenvalue weighted by Gasteiger charge is -2.22. The highest BCUT2D eigenvalue weighted by Gasteiger charge is 2.33. The summed E-state index contributed by atoms with van der Waals surface area (Å²) in [6, 6.07) is 6.87. The van der Waals surface area contributed by atoms with Crippen LogP contribution in [-0.2, 0) is 6.18 Å². The third-order valence-corrected chi connectivity index (χ3v) is 4.45. The molecular weight excluding hydrogens is 343 g/mol. The van der Waals surface area contributed by atoms with Crippen molar-refractivity contribution in [3.63, 3.8) is 0 Å². The largest absolute Gasteiger partial charge is 0.418 e. The average Bonchev–Trinajstić information content (AvgIpc) is 2.62. The van der Waals surface area contributed by atoms with Gasteiger partial charge in [-0.2, -0.15) is 13.2 Å². The molecule has 1 aromatic carbocycles. The number of pyridine rings is 1. The normalized spacial score (nSPS) is 15.5. The lowest BCUT2D eigenvalue weighted by Crippen LogP contribution is -2.36. The van der Waals surface area contributed by atoms with Crippen molar-refractivity contribution in [1.82, 2.24) is 10.3 Å². The molecule has 1 aromatic heterocycles. The number of carbonyl (C=O) groups excluding carboxylic acids is 1. The van der Waals surface area contributed by atoms with Gasteiger partial charge < -0.3 is 10.6 Å². The predicted molar refractivity (Wildman–Crippen MR) is 93.3 cm³/mol. The summed E-state index contributed by atoms with van der Waals surface area (Å²) in [4.78, 5) is 16.4. The number of benzene rings is 1. The molecular formula is C19H20F3N3O. The van der Waals surface area contributed by atoms with E-state index >= 15 is 0 Å². The highest BCUT2D eigenvalue weighted by atomic mass is 19.4. The molecule has 138 valence electrons. The summed E-state index contributed by atoms with van der Waals surface area (Å²) in [5, 5.41) is 5.69. The van der Waals surface area contributed by atoms with Gasteiger partial charge in [0.15, 0.2) is 0 Å². The number of para-hydroxylation sites is 1. The smallest absolute Gasteiger partial charge is 0.354 e. The number of hydrogen-bond acceptors (Lipinski definition) is 3. The number of hydrogen-bond donors (Lipinski definition) is 2. The van der Waals surface area contributed by atoms with E-state index in [1.807, 2.05) is 0 Å². The minimum atomic E-state index is -4.47. The van der Waals surface area contributed by atoms with Gasteiger partial charge in [0.05, 0.1) is 28.7 Å². The summed E-state index contributed by atoms with van der Waals surface area (Å²) in [6.45, 7) is 0. The van der Waals surface area contributed by atoms with Crippen molar-refractivity contribution in [3.8, 4) is 0 Å². The summed E-state index contributed by atoms with van der Waals surface area (Å²) in [6.07, 6.45) is 3.63. The molecule has 0 aliphatic heterocycles. The van der Waals surface area contributed by atoms with Gasteiger partial charge >= 0.3 is 6.18 Å². The monoisotopic (exact) mass is 363 g/mol. The SMILES string of the molecule is O=C(NC1CCCCC1)c1cncc(Nc2ccccc2C(F)(F)F)c1. The maximum absolute atomic E-state index is 13.1. The number of aromatic nitrogens is 1. The Morgan fingerprint density at radius 3 is 2.54 bits per heavy atom. The van der Waals surface area contributed by atoms with Crippen LogP contribution in [0, 0.1) is 0 Å². The van der Waals surface area contributed by atoms with E-state index in [-0.39, 0.29) is 17.6 Å². The van der Waals surface area contributed by atoms with Gasteiger partial charge in [-0.1, -0.05) is 31.4 Å². The maximum atomic E-state index is 13.1. The van der Waals surface area contributed by atoms with Crippen LogP contribution < -0.4 is 10.6 Å². The van der Waals surface area contributed by atoms with Crippen LogP contribution in [0.25, 0.3) is 0 Å². The quantitative estimate of drug-likeness (QED) is 0.812. The number of rotatable bonds is 4. The van der Waals surface area contributed by atoms with Gasteiger partial charge in [-0.25, -0.2) is 0 Å². The van der Waals surface area contributed by atoms with Crippen LogP contribution in [-0.4, -0.2) is 16.9 Å². The second kappa shape index (κ2) is 7.76. The zero-order valence-corrected chi connectivity index (χ0v) is 14.1. The van der Waals surface area contributed by atoms with E-state index in [9.17, 15) is 18.0 Å². The Labute approximate surface area is 149 Å². The molecule has 2 aromatic rings. The minimum absolute atomic E-state index is 0.0772. The van der Waals surface area contributed by atoms with Crippen LogP contribution in [0.15, 0.2) is 42.7 Å². The fourth-order valence-corrected chi connectivity index (χ4v) is 3.14. The van der Waals surface area contributed by atoms with Crippen molar-refractivity contribution in [2.75, 3.05) is 5.32 Å². The molecule has 1 amide bonds. The number of alkyl halides is 3. The third kappa shape index (κ3) is 4.53. The van der Waals surface area contributed by atoms with Crippen molar-refractivity contribution in [1.29, 1.82) is 0 Å². The first-order valence-electron chi connectivity index (χ1n) is 8.62. The minimum Gasteiger partial charge on any atom is -0.354 e. The Balaban J connectivity index is 1.75. The Morgan fingerprint density at radius 1 is 1.08 bits per heavy atom. The van der Waals surface area contributed by atoms with E-state index in [0.29, 0.717) is 11.3 Å². The van der Waals surface area contributed by atoms with Crippen molar-refractivity contribution < 1.29 is 18.0 Å². The summed E-state index contributed by atoms with van der Waals surface area (Å²) >= 11 is 0. The molecule has 7 heteroatoms. The summed E-state index contributed by atoms with van der Waals surface area (Å²) in [5.74, 6) is -0.253. The highest BCUT2D eigenvalue weighted by molar-refractivity contribution is 5.95. The van der Waals surface area contributed by atoms with E-state index in [2.05, 4.69) is 15.6 Å². The van der Waals surface area contributed by atoms with Gasteiger partial charge in [0.25, 0.3) is 5.91 Å². The fraction of sp³-hybridized carbons (Fsp3) is 0.368. The van der Waals surface area contributed by atoms with Crippen LogP contribution in [0.5, 0.6) is 0 Å². The van der Waals surface area contributed by atoms with Crippen LogP contribution >= 0.6 is 0 Å². The van der Waals surface area contributed by atoms with E-state index in [4.69, 9.17) is 0 Å². The zero-order valence-electron chi connectivity index (χ0n) is 14.1. The second-order valence-corrected chi connectivity index (χ2v) is 6.44. The molecule has 1 saturated carbocycles. The number of carbonyl (C=O) groups is 1. The molecule has 1 aliphatic rings. The molecule has 0 atom stereocenters. The van der Waals surface area contributed by atoms with Crippen LogP contribution in [0.3, 0.4) is 0 Å². The van der Waals surface area contributed by atoms with E-state index in [1.165, 1.54) is 43.1 Å². The molecule has 1 aliphatic carbocycles. The van der Waals surface area contributed by atoms with Crippen molar-refractivity contribution in [3.05, 3.63) is 53.9 Å². The standard InChI is InChI=1S/C19H20F3N3O/c20-19(21,22)16-8-4-5-9-17(16)24-15-10-13(11-23-12-15)18(26)25-14-6-2-1-3-7-14/h4-5,8-12,14,24H,1-3,6-7H2,(H,25,26). The Morgan fingerprint density at radius 2 is 1.81 bits per heavy atom. The highest BCUT2D eigenvalue weighted by Crippen LogP contribution is 2.35. The Kier molecular flexibility index (Phi) is 5.44. The zero-order chi connectivity index (χ0) is 18.6. The van der Waals surface area contributed by atoms with E-state index < -0.39 is 11.7 Å². The number of amides is 1. The van der Waals surface area contributed by atoms with E-state index in [0.717, 1.165) is 31.7 Å². The van der Waals surface area contributed by atoms with Gasteiger partial charge in [-0.05, 0) is 31.0 Å². The van der Waals surface area contributed by atoms with Crippen molar-refractivity contribution in [2.24, 2.45) is 0 Å². The lowest BCUT2D eigenvalue weighted by molar-refractivity contribution is -0.136.